The lowest BCUT2D eigenvalue weighted by atomic mass is 10.1. The number of benzene rings is 2. The highest BCUT2D eigenvalue weighted by Gasteiger charge is 2.19. The van der Waals surface area contributed by atoms with Crippen LogP contribution in [-0.4, -0.2) is 21.6 Å². The van der Waals surface area contributed by atoms with E-state index in [2.05, 4.69) is 15.7 Å². The Bertz CT molecular complexity index is 1230. The van der Waals surface area contributed by atoms with Gasteiger partial charge in [0.15, 0.2) is 5.69 Å². The first-order valence-electron chi connectivity index (χ1n) is 10.1. The molecule has 0 atom stereocenters. The van der Waals surface area contributed by atoms with Crippen LogP contribution in [0.1, 0.15) is 32.2 Å². The van der Waals surface area contributed by atoms with Crippen molar-refractivity contribution in [3.63, 3.8) is 0 Å². The number of carbonyl (C=O) groups is 2. The van der Waals surface area contributed by atoms with Gasteiger partial charge in [-0.1, -0.05) is 23.7 Å². The fraction of sp³-hybridized carbons (Fsp3) is 0.125. The van der Waals surface area contributed by atoms with Crippen molar-refractivity contribution >= 4 is 29.1 Å². The van der Waals surface area contributed by atoms with Crippen LogP contribution in [0.15, 0.2) is 77.5 Å². The molecule has 33 heavy (non-hydrogen) atoms. The number of ether oxygens (including phenoxy) is 1. The SMILES string of the molecule is Cn1cc(NC(=O)c2ccc(COc3ccc(Cl)cc3)cc2)c(C(=O)NCc2ccco2)n1. The number of rotatable bonds is 8. The van der Waals surface area contributed by atoms with Crippen molar-refractivity contribution in [1.82, 2.24) is 15.1 Å². The number of amides is 2. The van der Waals surface area contributed by atoms with E-state index in [4.69, 9.17) is 20.8 Å². The molecule has 4 aromatic rings. The predicted molar refractivity (Wildman–Crippen MR) is 123 cm³/mol. The van der Waals surface area contributed by atoms with Crippen molar-refractivity contribution in [2.75, 3.05) is 5.32 Å². The van der Waals surface area contributed by atoms with E-state index >= 15 is 0 Å². The first-order chi connectivity index (χ1) is 16.0. The zero-order valence-corrected chi connectivity index (χ0v) is 18.5. The van der Waals surface area contributed by atoms with Crippen LogP contribution in [0, 0.1) is 0 Å². The van der Waals surface area contributed by atoms with Gasteiger partial charge >= 0.3 is 0 Å². The lowest BCUT2D eigenvalue weighted by Crippen LogP contribution is -2.25. The fourth-order valence-corrected chi connectivity index (χ4v) is 3.18. The molecule has 2 heterocycles. The standard InChI is InChI=1S/C24H21ClN4O4/c1-29-14-21(22(28-29)24(31)26-13-20-3-2-12-32-20)27-23(30)17-6-4-16(5-7-17)15-33-19-10-8-18(25)9-11-19/h2-12,14H,13,15H2,1H3,(H,26,31)(H,27,30). The van der Waals surface area contributed by atoms with E-state index in [0.717, 1.165) is 5.56 Å². The van der Waals surface area contributed by atoms with Crippen molar-refractivity contribution in [2.45, 2.75) is 13.2 Å². The summed E-state index contributed by atoms with van der Waals surface area (Å²) in [4.78, 5) is 25.3. The van der Waals surface area contributed by atoms with Gasteiger partial charge in [-0.15, -0.1) is 0 Å². The first kappa shape index (κ1) is 22.2. The number of anilines is 1. The molecular formula is C24H21ClN4O4. The van der Waals surface area contributed by atoms with Crippen molar-refractivity contribution in [2.24, 2.45) is 7.05 Å². The van der Waals surface area contributed by atoms with Gasteiger partial charge in [0, 0.05) is 23.8 Å². The second kappa shape index (κ2) is 10.1. The zero-order chi connectivity index (χ0) is 23.2. The summed E-state index contributed by atoms with van der Waals surface area (Å²) in [6.07, 6.45) is 3.11. The number of hydrogen-bond donors (Lipinski definition) is 2. The van der Waals surface area contributed by atoms with Crippen molar-refractivity contribution in [1.29, 1.82) is 0 Å². The molecule has 2 aromatic carbocycles. The Morgan fingerprint density at radius 2 is 1.82 bits per heavy atom. The van der Waals surface area contributed by atoms with Gasteiger partial charge in [0.1, 0.15) is 18.1 Å². The molecule has 0 spiro atoms. The molecule has 2 N–H and O–H groups in total. The maximum atomic E-state index is 12.7. The molecule has 2 amide bonds. The number of hydrogen-bond acceptors (Lipinski definition) is 5. The van der Waals surface area contributed by atoms with Crippen molar-refractivity contribution in [3.05, 3.63) is 101 Å². The van der Waals surface area contributed by atoms with Gasteiger partial charge in [-0.3, -0.25) is 14.3 Å². The van der Waals surface area contributed by atoms with Crippen LogP contribution in [-0.2, 0) is 20.2 Å². The van der Waals surface area contributed by atoms with Crippen LogP contribution in [0.25, 0.3) is 0 Å². The minimum atomic E-state index is -0.419. The molecule has 0 radical (unpaired) electrons. The van der Waals surface area contributed by atoms with Gasteiger partial charge < -0.3 is 19.8 Å². The summed E-state index contributed by atoms with van der Waals surface area (Å²) in [6, 6.07) is 17.6. The molecule has 0 saturated carbocycles. The third kappa shape index (κ3) is 5.81. The van der Waals surface area contributed by atoms with Crippen LogP contribution >= 0.6 is 11.6 Å². The molecule has 4 rings (SSSR count). The van der Waals surface area contributed by atoms with Crippen LogP contribution in [0.2, 0.25) is 5.02 Å². The minimum absolute atomic E-state index is 0.116. The maximum absolute atomic E-state index is 12.7. The number of furan rings is 1. The van der Waals surface area contributed by atoms with Gasteiger partial charge in [-0.2, -0.15) is 5.10 Å². The van der Waals surface area contributed by atoms with Crippen molar-refractivity contribution in [3.8, 4) is 5.75 Å². The smallest absolute Gasteiger partial charge is 0.274 e. The first-order valence-corrected chi connectivity index (χ1v) is 10.5. The summed E-state index contributed by atoms with van der Waals surface area (Å²) < 4.78 is 12.4. The number of aryl methyl sites for hydroxylation is 1. The van der Waals surface area contributed by atoms with Crippen LogP contribution in [0.4, 0.5) is 5.69 Å². The zero-order valence-electron chi connectivity index (χ0n) is 17.7. The molecule has 0 aliphatic carbocycles. The molecule has 0 aliphatic heterocycles. The van der Waals surface area contributed by atoms with E-state index in [1.54, 1.807) is 61.8 Å². The fourth-order valence-electron chi connectivity index (χ4n) is 3.06. The van der Waals surface area contributed by atoms with Gasteiger partial charge in [0.2, 0.25) is 0 Å². The molecular weight excluding hydrogens is 444 g/mol. The van der Waals surface area contributed by atoms with E-state index in [1.807, 2.05) is 12.1 Å². The lowest BCUT2D eigenvalue weighted by Gasteiger charge is -2.08. The normalized spacial score (nSPS) is 10.6. The van der Waals surface area contributed by atoms with E-state index in [1.165, 1.54) is 10.9 Å². The molecule has 0 bridgehead atoms. The summed E-state index contributed by atoms with van der Waals surface area (Å²) in [5.41, 5.74) is 1.77. The maximum Gasteiger partial charge on any atom is 0.274 e. The van der Waals surface area contributed by atoms with Gasteiger partial charge in [0.25, 0.3) is 11.8 Å². The lowest BCUT2D eigenvalue weighted by molar-refractivity contribution is 0.0943. The van der Waals surface area contributed by atoms with Crippen molar-refractivity contribution < 1.29 is 18.7 Å². The Morgan fingerprint density at radius 3 is 2.52 bits per heavy atom. The quantitative estimate of drug-likeness (QED) is 0.402. The summed E-state index contributed by atoms with van der Waals surface area (Å²) in [6.45, 7) is 0.571. The van der Waals surface area contributed by atoms with Gasteiger partial charge in [-0.25, -0.2) is 0 Å². The molecule has 0 aliphatic rings. The molecule has 8 nitrogen and oxygen atoms in total. The second-order valence-electron chi connectivity index (χ2n) is 7.22. The van der Waals surface area contributed by atoms with Gasteiger partial charge in [0.05, 0.1) is 18.5 Å². The second-order valence-corrected chi connectivity index (χ2v) is 7.66. The summed E-state index contributed by atoms with van der Waals surface area (Å²) in [5.74, 6) is 0.547. The van der Waals surface area contributed by atoms with Crippen LogP contribution < -0.4 is 15.4 Å². The molecule has 0 saturated heterocycles. The topological polar surface area (TPSA) is 98.4 Å². The molecule has 0 unspecified atom stereocenters. The number of halogens is 1. The Balaban J connectivity index is 1.36. The minimum Gasteiger partial charge on any atom is -0.489 e. The summed E-state index contributed by atoms with van der Waals surface area (Å²) >= 11 is 5.87. The Morgan fingerprint density at radius 1 is 1.06 bits per heavy atom. The molecule has 0 fully saturated rings. The summed E-state index contributed by atoms with van der Waals surface area (Å²) in [5, 5.41) is 10.3. The monoisotopic (exact) mass is 464 g/mol. The van der Waals surface area contributed by atoms with E-state index in [0.29, 0.717) is 34.4 Å². The average molecular weight is 465 g/mol. The number of aromatic nitrogens is 2. The molecule has 168 valence electrons. The molecule has 9 heteroatoms. The number of carbonyl (C=O) groups excluding carboxylic acids is 2. The molecule has 2 aromatic heterocycles. The highest BCUT2D eigenvalue weighted by atomic mass is 35.5. The third-order valence-electron chi connectivity index (χ3n) is 4.73. The average Bonchev–Trinajstić information content (AvgIpc) is 3.47. The third-order valence-corrected chi connectivity index (χ3v) is 4.98. The predicted octanol–water partition coefficient (Wildman–Crippen LogP) is 4.43. The highest BCUT2D eigenvalue weighted by Crippen LogP contribution is 2.18. The number of nitrogens with one attached hydrogen (secondary N) is 2. The summed E-state index contributed by atoms with van der Waals surface area (Å²) in [7, 11) is 1.68. The Labute approximate surface area is 195 Å². The number of nitrogens with zero attached hydrogens (tertiary/aromatic N) is 2. The highest BCUT2D eigenvalue weighted by molar-refractivity contribution is 6.30. The van der Waals surface area contributed by atoms with E-state index < -0.39 is 5.91 Å². The van der Waals surface area contributed by atoms with Gasteiger partial charge in [-0.05, 0) is 54.1 Å². The van der Waals surface area contributed by atoms with E-state index in [9.17, 15) is 9.59 Å². The van der Waals surface area contributed by atoms with Crippen LogP contribution in [0.3, 0.4) is 0 Å². The van der Waals surface area contributed by atoms with Crippen LogP contribution in [0.5, 0.6) is 5.75 Å². The largest absolute Gasteiger partial charge is 0.489 e. The Hall–Kier alpha value is -4.04. The van der Waals surface area contributed by atoms with E-state index in [-0.39, 0.29) is 18.1 Å². The Kier molecular flexibility index (Phi) is 6.75.